The van der Waals surface area contributed by atoms with Crippen molar-refractivity contribution >= 4 is 16.9 Å². The van der Waals surface area contributed by atoms with E-state index in [4.69, 9.17) is 10.5 Å². The summed E-state index contributed by atoms with van der Waals surface area (Å²) in [6, 6.07) is 9.41. The lowest BCUT2D eigenvalue weighted by molar-refractivity contribution is -0.130. The summed E-state index contributed by atoms with van der Waals surface area (Å²) < 4.78 is 6.00. The normalized spacial score (nSPS) is 20.2. The van der Waals surface area contributed by atoms with Gasteiger partial charge in [0.15, 0.2) is 16.9 Å². The van der Waals surface area contributed by atoms with Crippen LogP contribution in [0.1, 0.15) is 30.7 Å². The number of amides is 1. The summed E-state index contributed by atoms with van der Waals surface area (Å²) in [5.41, 5.74) is 6.04. The summed E-state index contributed by atoms with van der Waals surface area (Å²) in [5, 5.41) is 7.59. The molecule has 7 heteroatoms. The number of ether oxygens (including phenoxy) is 1. The molecule has 1 aromatic carbocycles. The highest BCUT2D eigenvalue weighted by Crippen LogP contribution is 2.39. The van der Waals surface area contributed by atoms with Gasteiger partial charge >= 0.3 is 0 Å². The first-order valence-electron chi connectivity index (χ1n) is 8.36. The fourth-order valence-electron chi connectivity index (χ4n) is 3.58. The Morgan fingerprint density at radius 1 is 1.24 bits per heavy atom. The first kappa shape index (κ1) is 15.7. The van der Waals surface area contributed by atoms with Gasteiger partial charge in [0.05, 0.1) is 17.7 Å². The van der Waals surface area contributed by atoms with Crippen molar-refractivity contribution in [2.45, 2.75) is 30.8 Å². The zero-order valence-corrected chi connectivity index (χ0v) is 13.7. The van der Waals surface area contributed by atoms with Crippen LogP contribution in [0.5, 0.6) is 0 Å². The SMILES string of the molecule is NC(=O)C(c1ccccc1)(c1ncc2cn[nH]c2n1)C1CCCCO1. The number of fused-ring (bicyclic) bond motifs is 1. The van der Waals surface area contributed by atoms with Gasteiger partial charge in [-0.2, -0.15) is 5.10 Å². The summed E-state index contributed by atoms with van der Waals surface area (Å²) in [7, 11) is 0. The summed E-state index contributed by atoms with van der Waals surface area (Å²) in [6.07, 6.45) is 5.57. The van der Waals surface area contributed by atoms with E-state index in [-0.39, 0.29) is 0 Å². The number of H-pyrrole nitrogens is 1. The van der Waals surface area contributed by atoms with E-state index in [2.05, 4.69) is 20.2 Å². The number of nitrogens with one attached hydrogen (secondary N) is 1. The molecule has 1 aliphatic heterocycles. The second kappa shape index (κ2) is 6.25. The number of nitrogens with two attached hydrogens (primary N) is 1. The lowest BCUT2D eigenvalue weighted by Crippen LogP contribution is -2.54. The van der Waals surface area contributed by atoms with Gasteiger partial charge in [-0.05, 0) is 24.8 Å². The first-order chi connectivity index (χ1) is 12.2. The molecule has 3 aromatic rings. The number of aromatic amines is 1. The fraction of sp³-hybridized carbons (Fsp3) is 0.333. The van der Waals surface area contributed by atoms with E-state index >= 15 is 0 Å². The molecule has 1 amide bonds. The number of rotatable bonds is 4. The molecule has 25 heavy (non-hydrogen) atoms. The minimum absolute atomic E-state index is 0.342. The Labute approximate surface area is 144 Å². The smallest absolute Gasteiger partial charge is 0.238 e. The molecule has 0 radical (unpaired) electrons. The van der Waals surface area contributed by atoms with E-state index in [9.17, 15) is 4.79 Å². The van der Waals surface area contributed by atoms with Gasteiger partial charge in [0.2, 0.25) is 5.91 Å². The third kappa shape index (κ3) is 2.47. The van der Waals surface area contributed by atoms with Crippen LogP contribution in [0.2, 0.25) is 0 Å². The topological polar surface area (TPSA) is 107 Å². The zero-order chi connectivity index (χ0) is 17.3. The molecule has 2 aromatic heterocycles. The molecule has 1 saturated heterocycles. The van der Waals surface area contributed by atoms with Crippen LogP contribution in [0.3, 0.4) is 0 Å². The molecule has 3 N–H and O–H groups in total. The predicted molar refractivity (Wildman–Crippen MR) is 91.7 cm³/mol. The van der Waals surface area contributed by atoms with Gasteiger partial charge in [-0.25, -0.2) is 9.97 Å². The monoisotopic (exact) mass is 337 g/mol. The van der Waals surface area contributed by atoms with E-state index in [1.807, 2.05) is 30.3 Å². The van der Waals surface area contributed by atoms with Crippen molar-refractivity contribution in [3.05, 3.63) is 54.1 Å². The molecular weight excluding hydrogens is 318 g/mol. The van der Waals surface area contributed by atoms with Crippen LogP contribution >= 0.6 is 0 Å². The molecular formula is C18H19N5O2. The number of nitrogens with zero attached hydrogens (tertiary/aromatic N) is 3. The van der Waals surface area contributed by atoms with Crippen LogP contribution in [0.25, 0.3) is 11.0 Å². The maximum Gasteiger partial charge on any atom is 0.238 e. The number of primary amides is 1. The Balaban J connectivity index is 1.97. The Morgan fingerprint density at radius 2 is 2.08 bits per heavy atom. The number of carbonyl (C=O) groups is 1. The van der Waals surface area contributed by atoms with E-state index in [0.717, 1.165) is 30.2 Å². The summed E-state index contributed by atoms with van der Waals surface area (Å²) in [6.45, 7) is 0.596. The maximum absolute atomic E-state index is 12.8. The molecule has 2 atom stereocenters. The van der Waals surface area contributed by atoms with Gasteiger partial charge in [0.1, 0.15) is 0 Å². The second-order valence-corrected chi connectivity index (χ2v) is 6.26. The van der Waals surface area contributed by atoms with Crippen LogP contribution < -0.4 is 5.73 Å². The number of aromatic nitrogens is 4. The molecule has 4 rings (SSSR count). The Morgan fingerprint density at radius 3 is 2.80 bits per heavy atom. The number of hydrogen-bond donors (Lipinski definition) is 2. The average Bonchev–Trinajstić information content (AvgIpc) is 3.12. The van der Waals surface area contributed by atoms with Crippen molar-refractivity contribution in [1.29, 1.82) is 0 Å². The zero-order valence-electron chi connectivity index (χ0n) is 13.7. The van der Waals surface area contributed by atoms with Crippen LogP contribution in [0, 0.1) is 0 Å². The van der Waals surface area contributed by atoms with E-state index in [0.29, 0.717) is 18.1 Å². The quantitative estimate of drug-likeness (QED) is 0.753. The third-order valence-corrected chi connectivity index (χ3v) is 4.82. The van der Waals surface area contributed by atoms with Gasteiger partial charge < -0.3 is 10.5 Å². The second-order valence-electron chi connectivity index (χ2n) is 6.26. The fourth-order valence-corrected chi connectivity index (χ4v) is 3.58. The molecule has 2 unspecified atom stereocenters. The van der Waals surface area contributed by atoms with Crippen LogP contribution in [-0.4, -0.2) is 38.8 Å². The first-order valence-corrected chi connectivity index (χ1v) is 8.36. The van der Waals surface area contributed by atoms with E-state index in [1.165, 1.54) is 0 Å². The van der Waals surface area contributed by atoms with Crippen molar-refractivity contribution in [3.63, 3.8) is 0 Å². The van der Waals surface area contributed by atoms with Gasteiger partial charge in [0, 0.05) is 12.8 Å². The van der Waals surface area contributed by atoms with Crippen molar-refractivity contribution in [1.82, 2.24) is 20.2 Å². The molecule has 3 heterocycles. The molecule has 7 nitrogen and oxygen atoms in total. The minimum Gasteiger partial charge on any atom is -0.376 e. The van der Waals surface area contributed by atoms with Crippen LogP contribution in [0.4, 0.5) is 0 Å². The highest BCUT2D eigenvalue weighted by Gasteiger charge is 2.51. The summed E-state index contributed by atoms with van der Waals surface area (Å²) >= 11 is 0. The summed E-state index contributed by atoms with van der Waals surface area (Å²) in [5.74, 6) is -0.167. The largest absolute Gasteiger partial charge is 0.376 e. The Bertz CT molecular complexity index is 889. The standard InChI is InChI=1S/C18H19N5O2/c19-16(24)18(13-6-2-1-3-7-13,14-8-4-5-9-25-14)17-20-10-12-11-21-23-15(12)22-17/h1-3,6-7,10-11,14H,4-5,8-9H2,(H2,19,24)(H,20,21,22,23). The molecule has 0 spiro atoms. The molecule has 0 aliphatic carbocycles. The van der Waals surface area contributed by atoms with Gasteiger partial charge in [-0.3, -0.25) is 9.89 Å². The third-order valence-electron chi connectivity index (χ3n) is 4.82. The minimum atomic E-state index is -1.24. The van der Waals surface area contributed by atoms with Crippen molar-refractivity contribution in [2.75, 3.05) is 6.61 Å². The Kier molecular flexibility index (Phi) is 3.93. The molecule has 0 bridgehead atoms. The average molecular weight is 337 g/mol. The van der Waals surface area contributed by atoms with Crippen LogP contribution in [-0.2, 0) is 14.9 Å². The van der Waals surface area contributed by atoms with E-state index < -0.39 is 17.4 Å². The van der Waals surface area contributed by atoms with Crippen molar-refractivity contribution in [3.8, 4) is 0 Å². The maximum atomic E-state index is 12.8. The Hall–Kier alpha value is -2.80. The van der Waals surface area contributed by atoms with Gasteiger partial charge in [-0.15, -0.1) is 0 Å². The number of benzene rings is 1. The lowest BCUT2D eigenvalue weighted by Gasteiger charge is -2.39. The summed E-state index contributed by atoms with van der Waals surface area (Å²) in [4.78, 5) is 21.9. The van der Waals surface area contributed by atoms with E-state index in [1.54, 1.807) is 12.4 Å². The number of hydrogen-bond acceptors (Lipinski definition) is 5. The van der Waals surface area contributed by atoms with Gasteiger partial charge in [-0.1, -0.05) is 30.3 Å². The van der Waals surface area contributed by atoms with Gasteiger partial charge in [0.25, 0.3) is 0 Å². The highest BCUT2D eigenvalue weighted by molar-refractivity contribution is 5.91. The lowest BCUT2D eigenvalue weighted by atomic mass is 9.71. The molecule has 128 valence electrons. The van der Waals surface area contributed by atoms with Crippen molar-refractivity contribution in [2.24, 2.45) is 5.73 Å². The predicted octanol–water partition coefficient (Wildman–Crippen LogP) is 1.69. The van der Waals surface area contributed by atoms with Crippen molar-refractivity contribution < 1.29 is 9.53 Å². The molecule has 1 aliphatic rings. The number of carbonyl (C=O) groups excluding carboxylic acids is 1. The van der Waals surface area contributed by atoms with Crippen LogP contribution in [0.15, 0.2) is 42.7 Å². The molecule has 0 saturated carbocycles. The highest BCUT2D eigenvalue weighted by atomic mass is 16.5. The molecule has 1 fully saturated rings.